The summed E-state index contributed by atoms with van der Waals surface area (Å²) in [6.45, 7) is 0.437. The smallest absolute Gasteiger partial charge is 0.283 e. The highest BCUT2D eigenvalue weighted by Crippen LogP contribution is 2.09. The van der Waals surface area contributed by atoms with E-state index in [1.807, 2.05) is 30.3 Å². The lowest BCUT2D eigenvalue weighted by Gasteiger charge is -2.13. The van der Waals surface area contributed by atoms with Crippen molar-refractivity contribution in [3.63, 3.8) is 0 Å². The number of amides is 1. The second kappa shape index (κ2) is 6.62. The minimum Gasteiger partial charge on any atom is -0.343 e. The van der Waals surface area contributed by atoms with E-state index in [1.165, 1.54) is 9.47 Å². The number of hydrogen-bond acceptors (Lipinski definition) is 4. The molecule has 3 aromatic rings. The van der Waals surface area contributed by atoms with E-state index < -0.39 is 11.5 Å². The zero-order chi connectivity index (χ0) is 17.1. The summed E-state index contributed by atoms with van der Waals surface area (Å²) in [5, 5.41) is 0. The van der Waals surface area contributed by atoms with Gasteiger partial charge in [-0.25, -0.2) is 9.97 Å². The molecule has 1 amide bonds. The number of nitrogens with zero attached hydrogens (tertiary/aromatic N) is 4. The van der Waals surface area contributed by atoms with Crippen LogP contribution in [0.3, 0.4) is 0 Å². The number of carbonyl (C=O) groups excluding carboxylic acids is 1. The summed E-state index contributed by atoms with van der Waals surface area (Å²) in [6.07, 6.45) is 2.29. The van der Waals surface area contributed by atoms with Gasteiger partial charge >= 0.3 is 0 Å². The Morgan fingerprint density at radius 1 is 1.12 bits per heavy atom. The van der Waals surface area contributed by atoms with Crippen molar-refractivity contribution < 1.29 is 4.79 Å². The molecule has 122 valence electrons. The Morgan fingerprint density at radius 3 is 2.58 bits per heavy atom. The van der Waals surface area contributed by atoms with E-state index in [4.69, 9.17) is 0 Å². The van der Waals surface area contributed by atoms with Crippen molar-refractivity contribution in [1.82, 2.24) is 19.4 Å². The van der Waals surface area contributed by atoms with Gasteiger partial charge in [0, 0.05) is 26.8 Å². The van der Waals surface area contributed by atoms with Crippen LogP contribution in [-0.4, -0.2) is 39.4 Å². The second-order valence-corrected chi connectivity index (χ2v) is 5.70. The van der Waals surface area contributed by atoms with Crippen LogP contribution in [0.15, 0.2) is 53.5 Å². The third-order valence-corrected chi connectivity index (χ3v) is 3.78. The number of aryl methyl sites for hydroxylation is 2. The van der Waals surface area contributed by atoms with Crippen LogP contribution >= 0.6 is 0 Å². The van der Waals surface area contributed by atoms with E-state index in [-0.39, 0.29) is 5.69 Å². The molecule has 24 heavy (non-hydrogen) atoms. The largest absolute Gasteiger partial charge is 0.343 e. The Labute approximate surface area is 139 Å². The van der Waals surface area contributed by atoms with E-state index in [0.29, 0.717) is 24.1 Å². The Morgan fingerprint density at radius 2 is 1.88 bits per heavy atom. The molecule has 0 radical (unpaired) electrons. The van der Waals surface area contributed by atoms with Crippen molar-refractivity contribution in [1.29, 1.82) is 0 Å². The number of benzene rings is 1. The van der Waals surface area contributed by atoms with Gasteiger partial charge in [-0.2, -0.15) is 0 Å². The second-order valence-electron chi connectivity index (χ2n) is 5.70. The number of carbonyl (C=O) groups is 1. The fraction of sp³-hybridized carbons (Fsp3) is 0.222. The first-order valence-electron chi connectivity index (χ1n) is 7.69. The molecule has 0 aliphatic carbocycles. The van der Waals surface area contributed by atoms with E-state index in [9.17, 15) is 9.59 Å². The van der Waals surface area contributed by atoms with Gasteiger partial charge < -0.3 is 4.90 Å². The topological polar surface area (TPSA) is 68.1 Å². The van der Waals surface area contributed by atoms with Gasteiger partial charge in [0.15, 0.2) is 11.3 Å². The molecule has 0 unspecified atom stereocenters. The molecule has 0 N–H and O–H groups in total. The molecular weight excluding hydrogens is 304 g/mol. The monoisotopic (exact) mass is 322 g/mol. The van der Waals surface area contributed by atoms with Crippen LogP contribution in [0.2, 0.25) is 0 Å². The third-order valence-electron chi connectivity index (χ3n) is 3.78. The first kappa shape index (κ1) is 15.9. The fourth-order valence-corrected chi connectivity index (χ4v) is 2.52. The minimum absolute atomic E-state index is 0.0754. The highest BCUT2D eigenvalue weighted by Gasteiger charge is 2.19. The zero-order valence-corrected chi connectivity index (χ0v) is 13.6. The van der Waals surface area contributed by atoms with Crippen molar-refractivity contribution >= 4 is 17.1 Å². The molecule has 6 nitrogen and oxygen atoms in total. The normalized spacial score (nSPS) is 10.8. The van der Waals surface area contributed by atoms with Gasteiger partial charge in [0.25, 0.3) is 11.5 Å². The Bertz CT molecular complexity index is 933. The molecule has 0 aliphatic heterocycles. The highest BCUT2D eigenvalue weighted by molar-refractivity contribution is 5.93. The van der Waals surface area contributed by atoms with Gasteiger partial charge in [0.1, 0.15) is 5.52 Å². The molecule has 3 rings (SSSR count). The molecule has 2 aromatic heterocycles. The molecule has 0 atom stereocenters. The van der Waals surface area contributed by atoms with Gasteiger partial charge in [-0.05, 0) is 24.1 Å². The number of rotatable bonds is 4. The van der Waals surface area contributed by atoms with E-state index in [2.05, 4.69) is 9.97 Å². The van der Waals surface area contributed by atoms with Crippen molar-refractivity contribution in [3.8, 4) is 0 Å². The van der Waals surface area contributed by atoms with Gasteiger partial charge in [-0.1, -0.05) is 30.3 Å². The molecule has 0 fully saturated rings. The third kappa shape index (κ3) is 3.03. The van der Waals surface area contributed by atoms with Gasteiger partial charge in [-0.15, -0.1) is 0 Å². The summed E-state index contributed by atoms with van der Waals surface area (Å²) in [5.41, 5.74) is 1.67. The number of fused-ring (bicyclic) bond motifs is 1. The summed E-state index contributed by atoms with van der Waals surface area (Å²) in [6, 6.07) is 13.4. The summed E-state index contributed by atoms with van der Waals surface area (Å²) in [4.78, 5) is 34.9. The van der Waals surface area contributed by atoms with E-state index in [0.717, 1.165) is 5.56 Å². The summed E-state index contributed by atoms with van der Waals surface area (Å²) >= 11 is 0. The van der Waals surface area contributed by atoms with Crippen molar-refractivity contribution in [2.45, 2.75) is 13.0 Å². The SMILES string of the molecule is CN(C)C(=O)c1nc2cccnc2n(CCc2ccccc2)c1=O. The van der Waals surface area contributed by atoms with Crippen LogP contribution in [0, 0.1) is 0 Å². The molecule has 1 aromatic carbocycles. The lowest BCUT2D eigenvalue weighted by atomic mass is 10.1. The molecule has 6 heteroatoms. The number of hydrogen-bond donors (Lipinski definition) is 0. The highest BCUT2D eigenvalue weighted by atomic mass is 16.2. The summed E-state index contributed by atoms with van der Waals surface area (Å²) < 4.78 is 1.53. The van der Waals surface area contributed by atoms with Crippen LogP contribution in [-0.2, 0) is 13.0 Å². The van der Waals surface area contributed by atoms with Crippen LogP contribution in [0.25, 0.3) is 11.2 Å². The summed E-state index contributed by atoms with van der Waals surface area (Å²) in [5.74, 6) is -0.404. The first-order chi connectivity index (χ1) is 11.6. The molecule has 0 saturated heterocycles. The Hall–Kier alpha value is -3.02. The molecule has 0 aliphatic rings. The Kier molecular flexibility index (Phi) is 4.37. The lowest BCUT2D eigenvalue weighted by molar-refractivity contribution is 0.0820. The average Bonchev–Trinajstić information content (AvgIpc) is 2.60. The lowest BCUT2D eigenvalue weighted by Crippen LogP contribution is -2.34. The predicted molar refractivity (Wildman–Crippen MR) is 92.0 cm³/mol. The fourth-order valence-electron chi connectivity index (χ4n) is 2.52. The van der Waals surface area contributed by atoms with Gasteiger partial charge in [0.05, 0.1) is 0 Å². The van der Waals surface area contributed by atoms with Crippen LogP contribution in [0.4, 0.5) is 0 Å². The average molecular weight is 322 g/mol. The minimum atomic E-state index is -0.407. The maximum Gasteiger partial charge on any atom is 0.283 e. The Balaban J connectivity index is 2.09. The van der Waals surface area contributed by atoms with Gasteiger partial charge in [-0.3, -0.25) is 14.2 Å². The van der Waals surface area contributed by atoms with E-state index in [1.54, 1.807) is 32.4 Å². The predicted octanol–water partition coefficient (Wildman–Crippen LogP) is 1.74. The standard InChI is InChI=1S/C18H18N4O2/c1-21(2)17(23)15-18(24)22(12-10-13-7-4-3-5-8-13)16-14(20-15)9-6-11-19-16/h3-9,11H,10,12H2,1-2H3. The maximum absolute atomic E-state index is 12.8. The van der Waals surface area contributed by atoms with Crippen molar-refractivity contribution in [3.05, 3.63) is 70.3 Å². The molecule has 2 heterocycles. The zero-order valence-electron chi connectivity index (χ0n) is 13.6. The quantitative estimate of drug-likeness (QED) is 0.734. The van der Waals surface area contributed by atoms with Gasteiger partial charge in [0.2, 0.25) is 0 Å². The van der Waals surface area contributed by atoms with E-state index >= 15 is 0 Å². The van der Waals surface area contributed by atoms with Crippen molar-refractivity contribution in [2.24, 2.45) is 0 Å². The molecular formula is C18H18N4O2. The first-order valence-corrected chi connectivity index (χ1v) is 7.69. The maximum atomic E-state index is 12.8. The van der Waals surface area contributed by atoms with Crippen LogP contribution < -0.4 is 5.56 Å². The van der Waals surface area contributed by atoms with Crippen molar-refractivity contribution in [2.75, 3.05) is 14.1 Å². The summed E-state index contributed by atoms with van der Waals surface area (Å²) in [7, 11) is 3.20. The van der Waals surface area contributed by atoms with Crippen LogP contribution in [0.1, 0.15) is 16.1 Å². The number of aromatic nitrogens is 3. The molecule has 0 spiro atoms. The number of pyridine rings is 1. The molecule has 0 bridgehead atoms. The molecule has 0 saturated carbocycles. The van der Waals surface area contributed by atoms with Crippen LogP contribution in [0.5, 0.6) is 0 Å².